The number of amides is 2. The Balaban J connectivity index is 1.10. The van der Waals surface area contributed by atoms with Crippen LogP contribution < -0.4 is 10.6 Å². The number of imidazole rings is 1. The van der Waals surface area contributed by atoms with Crippen molar-refractivity contribution in [2.45, 2.75) is 19.6 Å². The highest BCUT2D eigenvalue weighted by Crippen LogP contribution is 2.14. The van der Waals surface area contributed by atoms with Gasteiger partial charge in [-0.15, -0.1) is 0 Å². The molecule has 2 amide bonds. The number of aromatic nitrogens is 5. The summed E-state index contributed by atoms with van der Waals surface area (Å²) in [6, 6.07) is 21.7. The van der Waals surface area contributed by atoms with Gasteiger partial charge in [-0.2, -0.15) is 5.10 Å². The van der Waals surface area contributed by atoms with E-state index in [4.69, 9.17) is 0 Å². The molecule has 5 rings (SSSR count). The Bertz CT molecular complexity index is 1340. The van der Waals surface area contributed by atoms with Crippen molar-refractivity contribution in [3.8, 4) is 5.82 Å². The number of nitrogens with one attached hydrogen (secondary N) is 2. The molecule has 0 saturated heterocycles. The van der Waals surface area contributed by atoms with Crippen molar-refractivity contribution in [3.05, 3.63) is 108 Å². The number of carbonyl (C=O) groups is 1. The van der Waals surface area contributed by atoms with E-state index in [1.807, 2.05) is 61.1 Å². The van der Waals surface area contributed by atoms with E-state index in [0.29, 0.717) is 13.1 Å². The van der Waals surface area contributed by atoms with E-state index in [2.05, 4.69) is 48.5 Å². The molecule has 3 aromatic heterocycles. The van der Waals surface area contributed by atoms with Crippen LogP contribution in [0.5, 0.6) is 0 Å². The molecule has 2 N–H and O–H groups in total. The molecule has 0 bridgehead atoms. The molecule has 8 nitrogen and oxygen atoms in total. The number of benzene rings is 2. The van der Waals surface area contributed by atoms with Crippen molar-refractivity contribution in [1.82, 2.24) is 34.9 Å². The summed E-state index contributed by atoms with van der Waals surface area (Å²) in [5.74, 6) is 0.734. The molecule has 8 heteroatoms. The number of fused-ring (bicyclic) bond motifs is 1. The van der Waals surface area contributed by atoms with Crippen molar-refractivity contribution in [3.63, 3.8) is 0 Å². The second kappa shape index (κ2) is 9.35. The highest BCUT2D eigenvalue weighted by atomic mass is 16.2. The fourth-order valence-corrected chi connectivity index (χ4v) is 3.58. The molecular formula is C25H23N7O. The van der Waals surface area contributed by atoms with Gasteiger partial charge in [0.05, 0.1) is 17.4 Å². The molecule has 164 valence electrons. The molecule has 0 aliphatic heterocycles. The summed E-state index contributed by atoms with van der Waals surface area (Å²) in [7, 11) is 0. The number of urea groups is 1. The smallest absolute Gasteiger partial charge is 0.315 e. The molecule has 0 radical (unpaired) electrons. The van der Waals surface area contributed by atoms with Crippen LogP contribution in [0, 0.1) is 0 Å². The van der Waals surface area contributed by atoms with Gasteiger partial charge in [0.15, 0.2) is 5.82 Å². The summed E-state index contributed by atoms with van der Waals surface area (Å²) in [5.41, 5.74) is 5.24. The van der Waals surface area contributed by atoms with Crippen molar-refractivity contribution in [1.29, 1.82) is 0 Å². The first-order valence-corrected chi connectivity index (χ1v) is 10.7. The minimum Gasteiger partial charge on any atom is -0.334 e. The standard InChI is InChI=1S/C25H23N7O/c33-25(28-16-21-10-11-24(26-15-21)32-13-3-12-30-32)27-14-19-6-8-20(9-7-19)17-31-18-29-22-4-1-2-5-23(22)31/h1-13,15,18H,14,16-17H2,(H2,27,28,33). The van der Waals surface area contributed by atoms with Crippen LogP contribution in [0.2, 0.25) is 0 Å². The lowest BCUT2D eigenvalue weighted by molar-refractivity contribution is 0.240. The Morgan fingerprint density at radius 1 is 0.818 bits per heavy atom. The van der Waals surface area contributed by atoms with Gasteiger partial charge >= 0.3 is 6.03 Å². The van der Waals surface area contributed by atoms with Gasteiger partial charge in [-0.05, 0) is 41.0 Å². The summed E-state index contributed by atoms with van der Waals surface area (Å²) in [6.07, 6.45) is 7.14. The number of nitrogens with zero attached hydrogens (tertiary/aromatic N) is 5. The van der Waals surface area contributed by atoms with Crippen LogP contribution in [0.3, 0.4) is 0 Å². The van der Waals surface area contributed by atoms with Gasteiger partial charge < -0.3 is 15.2 Å². The molecule has 0 atom stereocenters. The molecule has 0 saturated carbocycles. The van der Waals surface area contributed by atoms with Gasteiger partial charge in [0, 0.05) is 38.2 Å². The first-order valence-electron chi connectivity index (χ1n) is 10.7. The Hall–Kier alpha value is -4.46. The lowest BCUT2D eigenvalue weighted by Gasteiger charge is -2.09. The molecule has 5 aromatic rings. The third kappa shape index (κ3) is 4.90. The maximum atomic E-state index is 12.2. The van der Waals surface area contributed by atoms with Gasteiger partial charge in [-0.3, -0.25) is 0 Å². The molecule has 3 heterocycles. The van der Waals surface area contributed by atoms with Gasteiger partial charge in [0.2, 0.25) is 0 Å². The van der Waals surface area contributed by atoms with Crippen LogP contribution in [0.25, 0.3) is 16.9 Å². The highest BCUT2D eigenvalue weighted by Gasteiger charge is 2.05. The third-order valence-corrected chi connectivity index (χ3v) is 5.36. The van der Waals surface area contributed by atoms with Gasteiger partial charge in [0.25, 0.3) is 0 Å². The van der Waals surface area contributed by atoms with E-state index in [9.17, 15) is 4.79 Å². The fourth-order valence-electron chi connectivity index (χ4n) is 3.58. The lowest BCUT2D eigenvalue weighted by Crippen LogP contribution is -2.34. The van der Waals surface area contributed by atoms with Crippen LogP contribution in [0.4, 0.5) is 4.79 Å². The predicted molar refractivity (Wildman–Crippen MR) is 126 cm³/mol. The molecule has 0 unspecified atom stereocenters. The summed E-state index contributed by atoms with van der Waals surface area (Å²) in [5, 5.41) is 9.90. The second-order valence-electron chi connectivity index (χ2n) is 7.69. The number of carbonyl (C=O) groups excluding carboxylic acids is 1. The van der Waals surface area contributed by atoms with Crippen LogP contribution in [-0.2, 0) is 19.6 Å². The Kier molecular flexibility index (Phi) is 5.79. The van der Waals surface area contributed by atoms with Crippen LogP contribution >= 0.6 is 0 Å². The third-order valence-electron chi connectivity index (χ3n) is 5.36. The zero-order valence-electron chi connectivity index (χ0n) is 17.9. The molecule has 33 heavy (non-hydrogen) atoms. The maximum Gasteiger partial charge on any atom is 0.315 e. The molecule has 0 aliphatic rings. The molecule has 2 aromatic carbocycles. The fraction of sp³-hybridized carbons (Fsp3) is 0.120. The normalized spacial score (nSPS) is 10.9. The van der Waals surface area contributed by atoms with E-state index in [-0.39, 0.29) is 6.03 Å². The number of hydrogen-bond donors (Lipinski definition) is 2. The summed E-state index contributed by atoms with van der Waals surface area (Å²) in [6.45, 7) is 1.61. The molecule has 0 spiro atoms. The highest BCUT2D eigenvalue weighted by molar-refractivity contribution is 5.75. The summed E-state index contributed by atoms with van der Waals surface area (Å²) >= 11 is 0. The van der Waals surface area contributed by atoms with Gasteiger partial charge in [-0.25, -0.2) is 19.4 Å². The Morgan fingerprint density at radius 3 is 2.33 bits per heavy atom. The maximum absolute atomic E-state index is 12.2. The SMILES string of the molecule is O=C(NCc1ccc(Cn2cnc3ccccc32)cc1)NCc1ccc(-n2cccn2)nc1. The summed E-state index contributed by atoms with van der Waals surface area (Å²) < 4.78 is 3.82. The molecule has 0 aliphatic carbocycles. The first-order chi connectivity index (χ1) is 16.2. The molecule has 0 fully saturated rings. The van der Waals surface area contributed by atoms with Gasteiger partial charge in [0.1, 0.15) is 0 Å². The molecular weight excluding hydrogens is 414 g/mol. The van der Waals surface area contributed by atoms with E-state index >= 15 is 0 Å². The second-order valence-corrected chi connectivity index (χ2v) is 7.69. The Morgan fingerprint density at radius 2 is 1.58 bits per heavy atom. The minimum absolute atomic E-state index is 0.222. The first kappa shape index (κ1) is 20.4. The van der Waals surface area contributed by atoms with Crippen LogP contribution in [-0.4, -0.2) is 30.3 Å². The van der Waals surface area contributed by atoms with Crippen LogP contribution in [0.1, 0.15) is 16.7 Å². The van der Waals surface area contributed by atoms with Crippen molar-refractivity contribution in [2.24, 2.45) is 0 Å². The van der Waals surface area contributed by atoms with E-state index in [1.54, 1.807) is 17.1 Å². The monoisotopic (exact) mass is 437 g/mol. The van der Waals surface area contributed by atoms with Crippen molar-refractivity contribution < 1.29 is 4.79 Å². The zero-order valence-corrected chi connectivity index (χ0v) is 17.9. The van der Waals surface area contributed by atoms with Gasteiger partial charge in [-0.1, -0.05) is 42.5 Å². The number of pyridine rings is 1. The minimum atomic E-state index is -0.222. The quantitative estimate of drug-likeness (QED) is 0.407. The number of para-hydroxylation sites is 2. The average molecular weight is 438 g/mol. The lowest BCUT2D eigenvalue weighted by atomic mass is 10.1. The number of rotatable bonds is 7. The predicted octanol–water partition coefficient (Wildman–Crippen LogP) is 3.66. The zero-order chi connectivity index (χ0) is 22.5. The summed E-state index contributed by atoms with van der Waals surface area (Å²) in [4.78, 5) is 21.0. The largest absolute Gasteiger partial charge is 0.334 e. The van der Waals surface area contributed by atoms with Crippen molar-refractivity contribution >= 4 is 17.1 Å². The number of hydrogen-bond acceptors (Lipinski definition) is 4. The van der Waals surface area contributed by atoms with Crippen molar-refractivity contribution in [2.75, 3.05) is 0 Å². The van der Waals surface area contributed by atoms with E-state index < -0.39 is 0 Å². The topological polar surface area (TPSA) is 89.7 Å². The van der Waals surface area contributed by atoms with Crippen LogP contribution in [0.15, 0.2) is 91.6 Å². The van der Waals surface area contributed by atoms with E-state index in [0.717, 1.165) is 34.5 Å². The Labute approximate surface area is 190 Å². The van der Waals surface area contributed by atoms with E-state index in [1.165, 1.54) is 5.56 Å². The average Bonchev–Trinajstić information content (AvgIpc) is 3.54.